The van der Waals surface area contributed by atoms with Crippen LogP contribution in [0.4, 0.5) is 0 Å². The molecule has 2 aliphatic rings. The van der Waals surface area contributed by atoms with Crippen molar-refractivity contribution >= 4 is 5.71 Å². The third-order valence-electron chi connectivity index (χ3n) is 5.15. The fraction of sp³-hybridized carbons (Fsp3) is 0.381. The van der Waals surface area contributed by atoms with Crippen LogP contribution in [0, 0.1) is 0 Å². The van der Waals surface area contributed by atoms with E-state index in [9.17, 15) is 0 Å². The van der Waals surface area contributed by atoms with Gasteiger partial charge in [-0.2, -0.15) is 0 Å². The molecular formula is C21H23N. The van der Waals surface area contributed by atoms with Crippen molar-refractivity contribution in [3.63, 3.8) is 0 Å². The molecule has 0 unspecified atom stereocenters. The van der Waals surface area contributed by atoms with Gasteiger partial charge in [0.1, 0.15) is 0 Å². The van der Waals surface area contributed by atoms with Crippen molar-refractivity contribution in [2.24, 2.45) is 4.99 Å². The third-order valence-corrected chi connectivity index (χ3v) is 5.15. The Morgan fingerprint density at radius 1 is 0.773 bits per heavy atom. The van der Waals surface area contributed by atoms with E-state index in [1.54, 1.807) is 0 Å². The number of hydrogen-bond donors (Lipinski definition) is 0. The standard InChI is InChI=1S/C21H23N/c1-3-9-16(10-4-1)20-15-17-11-7-8-14-19(17)21(20)22-18-12-5-2-6-13-18/h1,3-4,7-11,14,18,20H,2,5-6,12-13,15H2/t20-/m1/s1. The van der Waals surface area contributed by atoms with Gasteiger partial charge in [-0.25, -0.2) is 0 Å². The average Bonchev–Trinajstić information content (AvgIpc) is 2.95. The molecule has 4 rings (SSSR count). The van der Waals surface area contributed by atoms with Crippen LogP contribution in [0.2, 0.25) is 0 Å². The van der Waals surface area contributed by atoms with Crippen LogP contribution in [-0.2, 0) is 6.42 Å². The van der Waals surface area contributed by atoms with Crippen molar-refractivity contribution in [2.75, 3.05) is 0 Å². The third kappa shape index (κ3) is 2.61. The lowest BCUT2D eigenvalue weighted by Crippen LogP contribution is -2.16. The van der Waals surface area contributed by atoms with Crippen molar-refractivity contribution in [2.45, 2.75) is 50.5 Å². The summed E-state index contributed by atoms with van der Waals surface area (Å²) in [5.41, 5.74) is 5.61. The molecule has 1 saturated carbocycles. The number of rotatable bonds is 2. The van der Waals surface area contributed by atoms with Gasteiger partial charge in [-0.15, -0.1) is 0 Å². The van der Waals surface area contributed by atoms with Crippen molar-refractivity contribution < 1.29 is 0 Å². The number of aliphatic imine (C=N–C) groups is 1. The molecule has 1 fully saturated rings. The van der Waals surface area contributed by atoms with Gasteiger partial charge in [-0.1, -0.05) is 73.9 Å². The molecule has 1 nitrogen and oxygen atoms in total. The summed E-state index contributed by atoms with van der Waals surface area (Å²) in [6.07, 6.45) is 7.73. The molecule has 1 atom stereocenters. The number of benzene rings is 2. The normalized spacial score (nSPS) is 23.6. The molecule has 0 heterocycles. The minimum Gasteiger partial charge on any atom is -0.285 e. The van der Waals surface area contributed by atoms with Crippen LogP contribution in [0.15, 0.2) is 59.6 Å². The minimum atomic E-state index is 0.445. The molecule has 0 aliphatic heterocycles. The molecule has 0 radical (unpaired) electrons. The monoisotopic (exact) mass is 289 g/mol. The van der Waals surface area contributed by atoms with Crippen molar-refractivity contribution in [3.8, 4) is 0 Å². The zero-order valence-corrected chi connectivity index (χ0v) is 13.0. The highest BCUT2D eigenvalue weighted by Gasteiger charge is 2.30. The fourth-order valence-electron chi connectivity index (χ4n) is 3.98. The van der Waals surface area contributed by atoms with Gasteiger partial charge in [-0.05, 0) is 36.0 Å². The largest absolute Gasteiger partial charge is 0.285 e. The Hall–Kier alpha value is -1.89. The Bertz CT molecular complexity index is 665. The average molecular weight is 289 g/mol. The summed E-state index contributed by atoms with van der Waals surface area (Å²) in [6, 6.07) is 20.3. The molecule has 22 heavy (non-hydrogen) atoms. The van der Waals surface area contributed by atoms with E-state index in [1.165, 1.54) is 54.5 Å². The minimum absolute atomic E-state index is 0.445. The molecule has 2 aromatic rings. The van der Waals surface area contributed by atoms with E-state index < -0.39 is 0 Å². The van der Waals surface area contributed by atoms with Crippen LogP contribution in [-0.4, -0.2) is 11.8 Å². The van der Waals surface area contributed by atoms with E-state index in [0.717, 1.165) is 6.42 Å². The highest BCUT2D eigenvalue weighted by Crippen LogP contribution is 2.35. The molecule has 112 valence electrons. The summed E-state index contributed by atoms with van der Waals surface area (Å²) in [5, 5.41) is 0. The molecular weight excluding hydrogens is 266 g/mol. The van der Waals surface area contributed by atoms with E-state index >= 15 is 0 Å². The predicted octanol–water partition coefficient (Wildman–Crippen LogP) is 5.15. The first-order chi connectivity index (χ1) is 10.9. The molecule has 0 saturated heterocycles. The van der Waals surface area contributed by atoms with E-state index in [0.29, 0.717) is 12.0 Å². The molecule has 2 aliphatic carbocycles. The summed E-state index contributed by atoms with van der Waals surface area (Å²) >= 11 is 0. The predicted molar refractivity (Wildman–Crippen MR) is 92.7 cm³/mol. The van der Waals surface area contributed by atoms with Crippen molar-refractivity contribution in [1.82, 2.24) is 0 Å². The number of nitrogens with zero attached hydrogens (tertiary/aromatic N) is 1. The molecule has 0 amide bonds. The second-order valence-corrected chi connectivity index (χ2v) is 6.63. The zero-order chi connectivity index (χ0) is 14.8. The molecule has 0 N–H and O–H groups in total. The van der Waals surface area contributed by atoms with Gasteiger partial charge in [0.25, 0.3) is 0 Å². The van der Waals surface area contributed by atoms with Crippen LogP contribution in [0.1, 0.15) is 54.7 Å². The second-order valence-electron chi connectivity index (χ2n) is 6.63. The Kier molecular flexibility index (Phi) is 3.80. The summed E-state index contributed by atoms with van der Waals surface area (Å²) in [7, 11) is 0. The van der Waals surface area contributed by atoms with Crippen molar-refractivity contribution in [3.05, 3.63) is 71.3 Å². The first-order valence-electron chi connectivity index (χ1n) is 8.63. The van der Waals surface area contributed by atoms with Gasteiger partial charge in [0.05, 0.1) is 11.8 Å². The lowest BCUT2D eigenvalue weighted by atomic mass is 9.92. The number of hydrogen-bond acceptors (Lipinski definition) is 1. The highest BCUT2D eigenvalue weighted by molar-refractivity contribution is 6.09. The highest BCUT2D eigenvalue weighted by atomic mass is 14.8. The molecule has 2 aromatic carbocycles. The van der Waals surface area contributed by atoms with E-state index in [2.05, 4.69) is 54.6 Å². The first kappa shape index (κ1) is 13.8. The van der Waals surface area contributed by atoms with E-state index in [-0.39, 0.29) is 0 Å². The van der Waals surface area contributed by atoms with Gasteiger partial charge in [0, 0.05) is 5.92 Å². The Morgan fingerprint density at radius 2 is 1.50 bits per heavy atom. The molecule has 0 aromatic heterocycles. The Labute approximate surface area is 133 Å². The fourth-order valence-corrected chi connectivity index (χ4v) is 3.98. The van der Waals surface area contributed by atoms with Gasteiger partial charge >= 0.3 is 0 Å². The quantitative estimate of drug-likeness (QED) is 0.725. The Balaban J connectivity index is 1.74. The molecule has 1 heteroatoms. The van der Waals surface area contributed by atoms with Gasteiger partial charge in [0.2, 0.25) is 0 Å². The van der Waals surface area contributed by atoms with Crippen LogP contribution >= 0.6 is 0 Å². The maximum Gasteiger partial charge on any atom is 0.0504 e. The van der Waals surface area contributed by atoms with E-state index in [4.69, 9.17) is 4.99 Å². The van der Waals surface area contributed by atoms with Gasteiger partial charge in [0.15, 0.2) is 0 Å². The van der Waals surface area contributed by atoms with Crippen LogP contribution in [0.3, 0.4) is 0 Å². The smallest absolute Gasteiger partial charge is 0.0504 e. The summed E-state index contributed by atoms with van der Waals surface area (Å²) in [4.78, 5) is 5.25. The van der Waals surface area contributed by atoms with Crippen LogP contribution in [0.5, 0.6) is 0 Å². The maximum atomic E-state index is 5.25. The van der Waals surface area contributed by atoms with E-state index in [1.807, 2.05) is 0 Å². The summed E-state index contributed by atoms with van der Waals surface area (Å²) in [5.74, 6) is 0.445. The lowest BCUT2D eigenvalue weighted by molar-refractivity contribution is 0.443. The van der Waals surface area contributed by atoms with Crippen molar-refractivity contribution in [1.29, 1.82) is 0 Å². The molecule has 0 spiro atoms. The SMILES string of the molecule is c1ccc([C@H]2Cc3ccccc3C2=NC2CCCCC2)cc1. The Morgan fingerprint density at radius 3 is 2.32 bits per heavy atom. The lowest BCUT2D eigenvalue weighted by Gasteiger charge is -2.21. The number of fused-ring (bicyclic) bond motifs is 1. The zero-order valence-electron chi connectivity index (χ0n) is 13.0. The summed E-state index contributed by atoms with van der Waals surface area (Å²) < 4.78 is 0. The van der Waals surface area contributed by atoms with Gasteiger partial charge in [-0.3, -0.25) is 4.99 Å². The maximum absolute atomic E-state index is 5.25. The topological polar surface area (TPSA) is 12.4 Å². The first-order valence-corrected chi connectivity index (χ1v) is 8.63. The second kappa shape index (κ2) is 6.08. The van der Waals surface area contributed by atoms with Crippen LogP contribution in [0.25, 0.3) is 0 Å². The summed E-state index contributed by atoms with van der Waals surface area (Å²) in [6.45, 7) is 0. The van der Waals surface area contributed by atoms with Gasteiger partial charge < -0.3 is 0 Å². The molecule has 0 bridgehead atoms. The van der Waals surface area contributed by atoms with Crippen LogP contribution < -0.4 is 0 Å².